The number of anilines is 1. The maximum absolute atomic E-state index is 12.2. The van der Waals surface area contributed by atoms with E-state index >= 15 is 0 Å². The van der Waals surface area contributed by atoms with E-state index in [0.29, 0.717) is 12.6 Å². The third-order valence-electron chi connectivity index (χ3n) is 4.33. The van der Waals surface area contributed by atoms with Crippen molar-refractivity contribution in [2.45, 2.75) is 39.7 Å². The highest BCUT2D eigenvalue weighted by atomic mass is 16.2. The molecule has 1 fully saturated rings. The Morgan fingerprint density at radius 3 is 2.90 bits per heavy atom. The Kier molecular flexibility index (Phi) is 5.76. The molecule has 1 aliphatic rings. The summed E-state index contributed by atoms with van der Waals surface area (Å²) in [7, 11) is 0. The highest BCUT2D eigenvalue weighted by molar-refractivity contribution is 5.93. The van der Waals surface area contributed by atoms with Crippen LogP contribution in [-0.2, 0) is 4.79 Å². The number of likely N-dealkylation sites (N-methyl/N-ethyl adjacent to an activating group) is 1. The van der Waals surface area contributed by atoms with E-state index in [-0.39, 0.29) is 5.91 Å². The van der Waals surface area contributed by atoms with Gasteiger partial charge in [0.2, 0.25) is 5.91 Å². The lowest BCUT2D eigenvalue weighted by molar-refractivity contribution is -0.117. The molecule has 116 valence electrons. The number of aryl methyl sites for hydroxylation is 1. The number of nitrogens with one attached hydrogen (secondary N) is 2. The van der Waals surface area contributed by atoms with Crippen molar-refractivity contribution in [2.75, 3.05) is 31.5 Å². The van der Waals surface area contributed by atoms with Crippen LogP contribution >= 0.6 is 0 Å². The molecule has 2 rings (SSSR count). The Bertz CT molecular complexity index is 481. The van der Waals surface area contributed by atoms with Gasteiger partial charge in [0.25, 0.3) is 0 Å². The van der Waals surface area contributed by atoms with Gasteiger partial charge in [-0.3, -0.25) is 9.69 Å². The minimum absolute atomic E-state index is 0.0727. The molecule has 1 atom stereocenters. The Hall–Kier alpha value is -1.39. The molecule has 1 aliphatic heterocycles. The summed E-state index contributed by atoms with van der Waals surface area (Å²) in [5.41, 5.74) is 3.27. The van der Waals surface area contributed by atoms with Crippen molar-refractivity contribution in [3.05, 3.63) is 29.3 Å². The van der Waals surface area contributed by atoms with Gasteiger partial charge in [-0.1, -0.05) is 19.1 Å². The van der Waals surface area contributed by atoms with Crippen molar-refractivity contribution in [3.63, 3.8) is 0 Å². The maximum atomic E-state index is 12.2. The minimum atomic E-state index is 0.0727. The molecular weight excluding hydrogens is 262 g/mol. The van der Waals surface area contributed by atoms with Gasteiger partial charge in [0, 0.05) is 18.3 Å². The van der Waals surface area contributed by atoms with Crippen LogP contribution in [0.4, 0.5) is 5.69 Å². The van der Waals surface area contributed by atoms with Crippen molar-refractivity contribution in [2.24, 2.45) is 0 Å². The van der Waals surface area contributed by atoms with Gasteiger partial charge >= 0.3 is 0 Å². The largest absolute Gasteiger partial charge is 0.325 e. The average Bonchev–Trinajstić information content (AvgIpc) is 2.96. The van der Waals surface area contributed by atoms with Crippen LogP contribution in [0.15, 0.2) is 18.2 Å². The normalized spacial score (nSPS) is 18.2. The number of hydrogen-bond acceptors (Lipinski definition) is 3. The molecule has 21 heavy (non-hydrogen) atoms. The molecular formula is C17H27N3O. The molecule has 4 heteroatoms. The zero-order valence-electron chi connectivity index (χ0n) is 13.4. The van der Waals surface area contributed by atoms with Gasteiger partial charge < -0.3 is 10.6 Å². The number of carbonyl (C=O) groups excluding carboxylic acids is 1. The minimum Gasteiger partial charge on any atom is -0.325 e. The standard InChI is InChI=1S/C17H27N3O/c1-4-20(11-15-8-6-10-18-15)12-17(21)19-16-9-5-7-13(2)14(16)3/h5,7,9,15,18H,4,6,8,10-12H2,1-3H3,(H,19,21). The summed E-state index contributed by atoms with van der Waals surface area (Å²) >= 11 is 0. The molecule has 1 heterocycles. The monoisotopic (exact) mass is 289 g/mol. The highest BCUT2D eigenvalue weighted by Gasteiger charge is 2.18. The second-order valence-corrected chi connectivity index (χ2v) is 5.92. The fourth-order valence-electron chi connectivity index (χ4n) is 2.81. The third-order valence-corrected chi connectivity index (χ3v) is 4.33. The van der Waals surface area contributed by atoms with E-state index in [0.717, 1.165) is 30.9 Å². The van der Waals surface area contributed by atoms with Crippen LogP contribution < -0.4 is 10.6 Å². The lowest BCUT2D eigenvalue weighted by atomic mass is 10.1. The van der Waals surface area contributed by atoms with Crippen LogP contribution in [0.1, 0.15) is 30.9 Å². The van der Waals surface area contributed by atoms with Gasteiger partial charge in [0.1, 0.15) is 0 Å². The van der Waals surface area contributed by atoms with Gasteiger partial charge in [-0.25, -0.2) is 0 Å². The topological polar surface area (TPSA) is 44.4 Å². The van der Waals surface area contributed by atoms with E-state index in [2.05, 4.69) is 35.4 Å². The summed E-state index contributed by atoms with van der Waals surface area (Å²) < 4.78 is 0. The number of amides is 1. The molecule has 1 aromatic carbocycles. The van der Waals surface area contributed by atoms with E-state index in [4.69, 9.17) is 0 Å². The number of nitrogens with zero attached hydrogens (tertiary/aromatic N) is 1. The third kappa shape index (κ3) is 4.55. The molecule has 0 spiro atoms. The molecule has 0 aliphatic carbocycles. The first kappa shape index (κ1) is 16.0. The SMILES string of the molecule is CCN(CC(=O)Nc1cccc(C)c1C)CC1CCCN1. The van der Waals surface area contributed by atoms with E-state index in [1.54, 1.807) is 0 Å². The molecule has 4 nitrogen and oxygen atoms in total. The lowest BCUT2D eigenvalue weighted by Crippen LogP contribution is -2.41. The van der Waals surface area contributed by atoms with E-state index in [1.165, 1.54) is 18.4 Å². The molecule has 1 saturated heterocycles. The van der Waals surface area contributed by atoms with Crippen LogP contribution in [0.3, 0.4) is 0 Å². The first-order valence-corrected chi connectivity index (χ1v) is 7.92. The molecule has 0 saturated carbocycles. The zero-order valence-corrected chi connectivity index (χ0v) is 13.4. The van der Waals surface area contributed by atoms with Crippen LogP contribution in [0.25, 0.3) is 0 Å². The molecule has 0 aromatic heterocycles. The molecule has 1 amide bonds. The van der Waals surface area contributed by atoms with Crippen LogP contribution in [0.2, 0.25) is 0 Å². The summed E-state index contributed by atoms with van der Waals surface area (Å²) in [4.78, 5) is 14.5. The van der Waals surface area contributed by atoms with Crippen molar-refractivity contribution in [1.82, 2.24) is 10.2 Å². The predicted molar refractivity (Wildman–Crippen MR) is 87.7 cm³/mol. The average molecular weight is 289 g/mol. The van der Waals surface area contributed by atoms with Crippen molar-refractivity contribution in [1.29, 1.82) is 0 Å². The summed E-state index contributed by atoms with van der Waals surface area (Å²) in [6.45, 7) is 9.65. The van der Waals surface area contributed by atoms with Crippen molar-refractivity contribution in [3.8, 4) is 0 Å². The smallest absolute Gasteiger partial charge is 0.238 e. The van der Waals surface area contributed by atoms with E-state index in [9.17, 15) is 4.79 Å². The Morgan fingerprint density at radius 2 is 2.24 bits per heavy atom. The number of hydrogen-bond donors (Lipinski definition) is 2. The van der Waals surface area contributed by atoms with Gasteiger partial charge in [0.15, 0.2) is 0 Å². The van der Waals surface area contributed by atoms with Gasteiger partial charge in [-0.15, -0.1) is 0 Å². The first-order valence-electron chi connectivity index (χ1n) is 7.92. The summed E-state index contributed by atoms with van der Waals surface area (Å²) in [5, 5.41) is 6.53. The summed E-state index contributed by atoms with van der Waals surface area (Å²) in [6, 6.07) is 6.56. The summed E-state index contributed by atoms with van der Waals surface area (Å²) in [6.07, 6.45) is 2.46. The fraction of sp³-hybridized carbons (Fsp3) is 0.588. The lowest BCUT2D eigenvalue weighted by Gasteiger charge is -2.23. The molecule has 2 N–H and O–H groups in total. The van der Waals surface area contributed by atoms with Gasteiger partial charge in [-0.05, 0) is 57.0 Å². The molecule has 0 bridgehead atoms. The van der Waals surface area contributed by atoms with E-state index < -0.39 is 0 Å². The van der Waals surface area contributed by atoms with Gasteiger partial charge in [0.05, 0.1) is 6.54 Å². The molecule has 0 radical (unpaired) electrons. The Balaban J connectivity index is 1.88. The van der Waals surface area contributed by atoms with Crippen molar-refractivity contribution < 1.29 is 4.79 Å². The number of carbonyl (C=O) groups is 1. The predicted octanol–water partition coefficient (Wildman–Crippen LogP) is 2.32. The second-order valence-electron chi connectivity index (χ2n) is 5.92. The molecule has 1 unspecified atom stereocenters. The second kappa shape index (κ2) is 7.57. The quantitative estimate of drug-likeness (QED) is 0.845. The Morgan fingerprint density at radius 1 is 1.43 bits per heavy atom. The first-order chi connectivity index (χ1) is 10.1. The summed E-state index contributed by atoms with van der Waals surface area (Å²) in [5.74, 6) is 0.0727. The number of rotatable bonds is 6. The fourth-order valence-corrected chi connectivity index (χ4v) is 2.81. The van der Waals surface area contributed by atoms with E-state index in [1.807, 2.05) is 19.1 Å². The maximum Gasteiger partial charge on any atom is 0.238 e. The van der Waals surface area contributed by atoms with Crippen molar-refractivity contribution >= 4 is 11.6 Å². The molecule has 1 aromatic rings. The van der Waals surface area contributed by atoms with Gasteiger partial charge in [-0.2, -0.15) is 0 Å². The van der Waals surface area contributed by atoms with Crippen LogP contribution in [0, 0.1) is 13.8 Å². The van der Waals surface area contributed by atoms with Crippen LogP contribution in [-0.4, -0.2) is 43.0 Å². The van der Waals surface area contributed by atoms with Crippen LogP contribution in [0.5, 0.6) is 0 Å². The highest BCUT2D eigenvalue weighted by Crippen LogP contribution is 2.17. The zero-order chi connectivity index (χ0) is 15.2. The Labute approximate surface area is 127 Å². The number of benzene rings is 1.